The summed E-state index contributed by atoms with van der Waals surface area (Å²) in [5, 5.41) is 3.43. The van der Waals surface area contributed by atoms with E-state index in [4.69, 9.17) is 9.47 Å². The van der Waals surface area contributed by atoms with Crippen LogP contribution in [0.2, 0.25) is 0 Å². The summed E-state index contributed by atoms with van der Waals surface area (Å²) in [4.78, 5) is 0. The average molecular weight is 404 g/mol. The van der Waals surface area contributed by atoms with E-state index in [1.807, 2.05) is 24.3 Å². The minimum absolute atomic E-state index is 0.505. The number of para-hydroxylation sites is 1. The maximum absolute atomic E-state index is 6.04. The van der Waals surface area contributed by atoms with Crippen LogP contribution in [0.4, 0.5) is 5.69 Å². The molecular weight excluding hydrogens is 370 g/mol. The van der Waals surface area contributed by atoms with E-state index in [9.17, 15) is 0 Å². The van der Waals surface area contributed by atoms with Crippen molar-refractivity contribution in [2.45, 2.75) is 39.0 Å². The van der Waals surface area contributed by atoms with E-state index in [1.54, 1.807) is 0 Å². The van der Waals surface area contributed by atoms with Crippen LogP contribution in [-0.2, 0) is 6.42 Å². The van der Waals surface area contributed by atoms with Gasteiger partial charge in [-0.15, -0.1) is 0 Å². The molecule has 0 aliphatic carbocycles. The van der Waals surface area contributed by atoms with E-state index in [0.29, 0.717) is 19.1 Å². The largest absolute Gasteiger partial charge is 0.494 e. The van der Waals surface area contributed by atoms with Crippen LogP contribution in [0.25, 0.3) is 0 Å². The Morgan fingerprint density at radius 2 is 1.63 bits per heavy atom. The van der Waals surface area contributed by atoms with Crippen molar-refractivity contribution in [3.05, 3.63) is 90.0 Å². The third-order valence-electron chi connectivity index (χ3n) is 5.31. The molecule has 0 spiro atoms. The molecule has 0 aromatic heterocycles. The third-order valence-corrected chi connectivity index (χ3v) is 5.31. The molecule has 3 heteroatoms. The fourth-order valence-electron chi connectivity index (χ4n) is 3.40. The van der Waals surface area contributed by atoms with Gasteiger partial charge in [-0.2, -0.15) is 0 Å². The standard InChI is InChI=1S/C27H33NO2/c1-3-22(2)26-16-7-8-17-27(26)30-20-18-28-24-14-9-15-25(21-24)29-19-10-13-23-11-5-4-6-12-23/h4-9,11-12,14-17,21-22,28H,3,10,13,18-20H2,1-2H3. The number of ether oxygens (including phenoxy) is 2. The van der Waals surface area contributed by atoms with Gasteiger partial charge in [0.15, 0.2) is 0 Å². The van der Waals surface area contributed by atoms with Gasteiger partial charge in [0.2, 0.25) is 0 Å². The zero-order chi connectivity index (χ0) is 21.0. The van der Waals surface area contributed by atoms with Crippen LogP contribution in [0, 0.1) is 0 Å². The number of benzene rings is 3. The molecule has 3 aromatic carbocycles. The highest BCUT2D eigenvalue weighted by Crippen LogP contribution is 2.28. The second-order valence-corrected chi connectivity index (χ2v) is 7.59. The van der Waals surface area contributed by atoms with Gasteiger partial charge in [0, 0.05) is 18.3 Å². The molecular formula is C27H33NO2. The van der Waals surface area contributed by atoms with Gasteiger partial charge in [0.05, 0.1) is 6.61 Å². The molecule has 1 atom stereocenters. The minimum Gasteiger partial charge on any atom is -0.494 e. The molecule has 0 saturated carbocycles. The summed E-state index contributed by atoms with van der Waals surface area (Å²) in [6, 6.07) is 27.0. The lowest BCUT2D eigenvalue weighted by Crippen LogP contribution is -2.12. The van der Waals surface area contributed by atoms with Gasteiger partial charge in [-0.25, -0.2) is 0 Å². The average Bonchev–Trinajstić information content (AvgIpc) is 2.80. The smallest absolute Gasteiger partial charge is 0.122 e. The molecule has 0 fully saturated rings. The highest BCUT2D eigenvalue weighted by molar-refractivity contribution is 5.48. The maximum Gasteiger partial charge on any atom is 0.122 e. The van der Waals surface area contributed by atoms with Gasteiger partial charge in [-0.3, -0.25) is 0 Å². The molecule has 0 saturated heterocycles. The molecule has 0 aliphatic rings. The Bertz CT molecular complexity index is 879. The van der Waals surface area contributed by atoms with Crippen molar-refractivity contribution >= 4 is 5.69 Å². The molecule has 0 amide bonds. The third kappa shape index (κ3) is 6.84. The van der Waals surface area contributed by atoms with E-state index in [0.717, 1.165) is 43.0 Å². The summed E-state index contributed by atoms with van der Waals surface area (Å²) in [7, 11) is 0. The minimum atomic E-state index is 0.505. The Balaban J connectivity index is 1.40. The van der Waals surface area contributed by atoms with Crippen molar-refractivity contribution in [3.8, 4) is 11.5 Å². The fraction of sp³-hybridized carbons (Fsp3) is 0.333. The molecule has 1 N–H and O–H groups in total. The monoisotopic (exact) mass is 403 g/mol. The van der Waals surface area contributed by atoms with Crippen LogP contribution < -0.4 is 14.8 Å². The molecule has 0 aliphatic heterocycles. The van der Waals surface area contributed by atoms with Crippen LogP contribution in [0.15, 0.2) is 78.9 Å². The highest BCUT2D eigenvalue weighted by atomic mass is 16.5. The first-order valence-corrected chi connectivity index (χ1v) is 11.0. The van der Waals surface area contributed by atoms with E-state index in [2.05, 4.69) is 73.8 Å². The topological polar surface area (TPSA) is 30.5 Å². The molecule has 3 rings (SSSR count). The van der Waals surface area contributed by atoms with E-state index >= 15 is 0 Å². The quantitative estimate of drug-likeness (QED) is 0.341. The molecule has 3 aromatic rings. The lowest BCUT2D eigenvalue weighted by Gasteiger charge is -2.16. The Hall–Kier alpha value is -2.94. The summed E-state index contributed by atoms with van der Waals surface area (Å²) < 4.78 is 12.0. The first kappa shape index (κ1) is 21.8. The lowest BCUT2D eigenvalue weighted by atomic mass is 9.98. The fourth-order valence-corrected chi connectivity index (χ4v) is 3.40. The Labute approximate surface area is 181 Å². The second-order valence-electron chi connectivity index (χ2n) is 7.59. The van der Waals surface area contributed by atoms with Crippen LogP contribution in [0.1, 0.15) is 43.7 Å². The van der Waals surface area contributed by atoms with E-state index in [1.165, 1.54) is 11.1 Å². The number of aryl methyl sites for hydroxylation is 1. The van der Waals surface area contributed by atoms with Gasteiger partial charge in [-0.05, 0) is 54.5 Å². The van der Waals surface area contributed by atoms with E-state index < -0.39 is 0 Å². The molecule has 30 heavy (non-hydrogen) atoms. The first-order valence-electron chi connectivity index (χ1n) is 11.0. The SMILES string of the molecule is CCC(C)c1ccccc1OCCNc1cccc(OCCCc2ccccc2)c1. The van der Waals surface area contributed by atoms with Crippen molar-refractivity contribution in [2.24, 2.45) is 0 Å². The predicted molar refractivity (Wildman–Crippen MR) is 126 cm³/mol. The summed E-state index contributed by atoms with van der Waals surface area (Å²) in [5.74, 6) is 2.39. The number of rotatable bonds is 12. The van der Waals surface area contributed by atoms with Crippen LogP contribution in [0.5, 0.6) is 11.5 Å². The van der Waals surface area contributed by atoms with Gasteiger partial charge < -0.3 is 14.8 Å². The molecule has 0 radical (unpaired) electrons. The van der Waals surface area contributed by atoms with Crippen LogP contribution in [-0.4, -0.2) is 19.8 Å². The van der Waals surface area contributed by atoms with Crippen molar-refractivity contribution in [1.29, 1.82) is 0 Å². The summed E-state index contributed by atoms with van der Waals surface area (Å²) >= 11 is 0. The van der Waals surface area contributed by atoms with Crippen molar-refractivity contribution < 1.29 is 9.47 Å². The zero-order valence-electron chi connectivity index (χ0n) is 18.1. The molecule has 0 heterocycles. The Kier molecular flexibility index (Phi) is 8.64. The van der Waals surface area contributed by atoms with Gasteiger partial charge >= 0.3 is 0 Å². The molecule has 158 valence electrons. The maximum atomic E-state index is 6.04. The second kappa shape index (κ2) is 11.9. The Morgan fingerprint density at radius 3 is 2.47 bits per heavy atom. The Morgan fingerprint density at radius 1 is 0.833 bits per heavy atom. The number of hydrogen-bond acceptors (Lipinski definition) is 3. The van der Waals surface area contributed by atoms with Crippen molar-refractivity contribution in [3.63, 3.8) is 0 Å². The van der Waals surface area contributed by atoms with Crippen molar-refractivity contribution in [1.82, 2.24) is 0 Å². The molecule has 0 bridgehead atoms. The van der Waals surface area contributed by atoms with Crippen molar-refractivity contribution in [2.75, 3.05) is 25.1 Å². The van der Waals surface area contributed by atoms with E-state index in [-0.39, 0.29) is 0 Å². The summed E-state index contributed by atoms with van der Waals surface area (Å²) in [5.41, 5.74) is 3.69. The predicted octanol–water partition coefficient (Wildman–Crippen LogP) is 6.70. The summed E-state index contributed by atoms with van der Waals surface area (Å²) in [6.07, 6.45) is 3.15. The van der Waals surface area contributed by atoms with Crippen LogP contribution in [0.3, 0.4) is 0 Å². The van der Waals surface area contributed by atoms with Gasteiger partial charge in [0.25, 0.3) is 0 Å². The number of hydrogen-bond donors (Lipinski definition) is 1. The zero-order valence-corrected chi connectivity index (χ0v) is 18.1. The first-order chi connectivity index (χ1) is 14.8. The van der Waals surface area contributed by atoms with Crippen LogP contribution >= 0.6 is 0 Å². The lowest BCUT2D eigenvalue weighted by molar-refractivity contribution is 0.311. The summed E-state index contributed by atoms with van der Waals surface area (Å²) in [6.45, 7) is 6.53. The number of nitrogens with one attached hydrogen (secondary N) is 1. The molecule has 3 nitrogen and oxygen atoms in total. The van der Waals surface area contributed by atoms with Gasteiger partial charge in [-0.1, -0.05) is 68.4 Å². The normalized spacial score (nSPS) is 11.7. The highest BCUT2D eigenvalue weighted by Gasteiger charge is 2.09. The number of anilines is 1. The molecule has 1 unspecified atom stereocenters. The van der Waals surface area contributed by atoms with Gasteiger partial charge in [0.1, 0.15) is 18.1 Å².